The topological polar surface area (TPSA) is 63.6 Å². The summed E-state index contributed by atoms with van der Waals surface area (Å²) < 4.78 is 5.11. The van der Waals surface area contributed by atoms with Crippen LogP contribution in [0.4, 0.5) is 0 Å². The van der Waals surface area contributed by atoms with E-state index in [1.54, 1.807) is 20.8 Å². The molecule has 0 radical (unpaired) electrons. The number of carboxylic acid groups (broad SMARTS) is 1. The van der Waals surface area contributed by atoms with E-state index >= 15 is 0 Å². The molecule has 0 aromatic carbocycles. The van der Waals surface area contributed by atoms with Gasteiger partial charge in [-0.1, -0.05) is 20.3 Å². The number of aliphatic carboxylic acids is 1. The summed E-state index contributed by atoms with van der Waals surface area (Å²) in [5, 5.41) is 9.01. The molecule has 16 heavy (non-hydrogen) atoms. The lowest BCUT2D eigenvalue weighted by Crippen LogP contribution is -2.29. The fourth-order valence-electron chi connectivity index (χ4n) is 1.38. The van der Waals surface area contributed by atoms with Crippen molar-refractivity contribution < 1.29 is 19.4 Å². The predicted octanol–water partition coefficient (Wildman–Crippen LogP) is 2.47. The number of carboxylic acids is 1. The van der Waals surface area contributed by atoms with Crippen LogP contribution in [-0.4, -0.2) is 22.6 Å². The van der Waals surface area contributed by atoms with E-state index in [9.17, 15) is 9.59 Å². The number of carbonyl (C=O) groups is 2. The lowest BCUT2D eigenvalue weighted by Gasteiger charge is -2.22. The third kappa shape index (κ3) is 5.73. The minimum atomic E-state index is -0.930. The molecular formula is C12H22O4. The number of hydrogen-bond acceptors (Lipinski definition) is 3. The molecule has 94 valence electrons. The lowest BCUT2D eigenvalue weighted by molar-refractivity contribution is -0.161. The fraction of sp³-hybridized carbons (Fsp3) is 0.833. The molecular weight excluding hydrogens is 208 g/mol. The Labute approximate surface area is 97.0 Å². The molecule has 2 atom stereocenters. The highest BCUT2D eigenvalue weighted by atomic mass is 16.6. The van der Waals surface area contributed by atoms with Gasteiger partial charge in [0.1, 0.15) is 5.60 Å². The maximum Gasteiger partial charge on any atom is 0.307 e. The van der Waals surface area contributed by atoms with Gasteiger partial charge in [0.15, 0.2) is 0 Å². The summed E-state index contributed by atoms with van der Waals surface area (Å²) in [5.74, 6) is -2.05. The van der Waals surface area contributed by atoms with E-state index in [0.29, 0.717) is 0 Å². The van der Waals surface area contributed by atoms with Crippen molar-refractivity contribution >= 4 is 11.9 Å². The van der Waals surface area contributed by atoms with Gasteiger partial charge in [-0.3, -0.25) is 9.59 Å². The van der Waals surface area contributed by atoms with Crippen LogP contribution in [0.2, 0.25) is 0 Å². The van der Waals surface area contributed by atoms with E-state index in [4.69, 9.17) is 9.84 Å². The van der Waals surface area contributed by atoms with Crippen LogP contribution in [0.1, 0.15) is 47.5 Å². The first kappa shape index (κ1) is 14.9. The monoisotopic (exact) mass is 230 g/mol. The van der Waals surface area contributed by atoms with Crippen LogP contribution in [0.15, 0.2) is 0 Å². The van der Waals surface area contributed by atoms with Gasteiger partial charge in [-0.05, 0) is 26.7 Å². The van der Waals surface area contributed by atoms with Crippen molar-refractivity contribution in [3.05, 3.63) is 0 Å². The Morgan fingerprint density at radius 3 is 2.12 bits per heavy atom. The Bertz CT molecular complexity index is 252. The maximum absolute atomic E-state index is 11.5. The molecule has 4 heteroatoms. The Kier molecular flexibility index (Phi) is 5.48. The lowest BCUT2D eigenvalue weighted by atomic mass is 9.89. The molecule has 0 aliphatic rings. The zero-order valence-electron chi connectivity index (χ0n) is 10.7. The standard InChI is InChI=1S/C12H22O4/c1-6-8(2)9(11(14)15)7-10(13)16-12(3,4)5/h8-9H,6-7H2,1-5H3,(H,14,15)/t8?,9-/m0/s1. The summed E-state index contributed by atoms with van der Waals surface area (Å²) in [6.07, 6.45) is 0.682. The van der Waals surface area contributed by atoms with E-state index < -0.39 is 23.5 Å². The molecule has 4 nitrogen and oxygen atoms in total. The van der Waals surface area contributed by atoms with Crippen molar-refractivity contribution in [3.8, 4) is 0 Å². The molecule has 0 saturated carbocycles. The number of esters is 1. The van der Waals surface area contributed by atoms with Crippen molar-refractivity contribution in [1.82, 2.24) is 0 Å². The Balaban J connectivity index is 4.42. The molecule has 1 unspecified atom stereocenters. The molecule has 0 fully saturated rings. The molecule has 0 aromatic rings. The van der Waals surface area contributed by atoms with Crippen molar-refractivity contribution in [2.75, 3.05) is 0 Å². The molecule has 0 heterocycles. The minimum Gasteiger partial charge on any atom is -0.481 e. The van der Waals surface area contributed by atoms with E-state index in [0.717, 1.165) is 6.42 Å². The first-order chi connectivity index (χ1) is 7.17. The van der Waals surface area contributed by atoms with Gasteiger partial charge in [-0.15, -0.1) is 0 Å². The number of hydrogen-bond donors (Lipinski definition) is 1. The van der Waals surface area contributed by atoms with Crippen molar-refractivity contribution in [3.63, 3.8) is 0 Å². The summed E-state index contributed by atoms with van der Waals surface area (Å²) in [6, 6.07) is 0. The summed E-state index contributed by atoms with van der Waals surface area (Å²) in [5.41, 5.74) is -0.560. The van der Waals surface area contributed by atoms with Gasteiger partial charge in [0.2, 0.25) is 0 Å². The zero-order valence-corrected chi connectivity index (χ0v) is 10.7. The zero-order chi connectivity index (χ0) is 12.9. The van der Waals surface area contributed by atoms with Gasteiger partial charge in [-0.25, -0.2) is 0 Å². The van der Waals surface area contributed by atoms with Gasteiger partial charge in [0, 0.05) is 0 Å². The molecule has 0 spiro atoms. The highest BCUT2D eigenvalue weighted by molar-refractivity contribution is 5.79. The Morgan fingerprint density at radius 1 is 1.31 bits per heavy atom. The molecule has 0 aliphatic heterocycles. The molecule has 0 amide bonds. The van der Waals surface area contributed by atoms with Crippen LogP contribution >= 0.6 is 0 Å². The van der Waals surface area contributed by atoms with Crippen molar-refractivity contribution in [1.29, 1.82) is 0 Å². The van der Waals surface area contributed by atoms with Crippen LogP contribution in [0.3, 0.4) is 0 Å². The Morgan fingerprint density at radius 2 is 1.81 bits per heavy atom. The van der Waals surface area contributed by atoms with Crippen LogP contribution in [0.5, 0.6) is 0 Å². The van der Waals surface area contributed by atoms with E-state index in [1.165, 1.54) is 0 Å². The number of carbonyl (C=O) groups excluding carboxylic acids is 1. The van der Waals surface area contributed by atoms with Crippen LogP contribution in [-0.2, 0) is 14.3 Å². The van der Waals surface area contributed by atoms with E-state index in [2.05, 4.69) is 0 Å². The second-order valence-corrected chi connectivity index (χ2v) is 5.12. The molecule has 0 saturated heterocycles. The first-order valence-electron chi connectivity index (χ1n) is 5.62. The molecule has 0 rings (SSSR count). The predicted molar refractivity (Wildman–Crippen MR) is 61.0 cm³/mol. The molecule has 0 aromatic heterocycles. The van der Waals surface area contributed by atoms with Crippen LogP contribution in [0.25, 0.3) is 0 Å². The van der Waals surface area contributed by atoms with Gasteiger partial charge in [0.05, 0.1) is 12.3 Å². The largest absolute Gasteiger partial charge is 0.481 e. The summed E-state index contributed by atoms with van der Waals surface area (Å²) in [6.45, 7) is 9.05. The second-order valence-electron chi connectivity index (χ2n) is 5.12. The smallest absolute Gasteiger partial charge is 0.307 e. The van der Waals surface area contributed by atoms with Gasteiger partial charge in [-0.2, -0.15) is 0 Å². The SMILES string of the molecule is CCC(C)[C@H](CC(=O)OC(C)(C)C)C(=O)O. The van der Waals surface area contributed by atoms with Crippen molar-refractivity contribution in [2.24, 2.45) is 11.8 Å². The summed E-state index contributed by atoms with van der Waals surface area (Å²) in [4.78, 5) is 22.5. The second kappa shape index (κ2) is 5.87. The summed E-state index contributed by atoms with van der Waals surface area (Å²) in [7, 11) is 0. The highest BCUT2D eigenvalue weighted by Gasteiger charge is 2.28. The van der Waals surface area contributed by atoms with Crippen molar-refractivity contribution in [2.45, 2.75) is 53.1 Å². The number of ether oxygens (including phenoxy) is 1. The Hall–Kier alpha value is -1.06. The fourth-order valence-corrected chi connectivity index (χ4v) is 1.38. The molecule has 0 bridgehead atoms. The van der Waals surface area contributed by atoms with E-state index in [-0.39, 0.29) is 12.3 Å². The minimum absolute atomic E-state index is 0.0231. The highest BCUT2D eigenvalue weighted by Crippen LogP contribution is 2.21. The normalized spacial score (nSPS) is 15.3. The van der Waals surface area contributed by atoms with Crippen LogP contribution in [0, 0.1) is 11.8 Å². The van der Waals surface area contributed by atoms with Gasteiger partial charge in [0.25, 0.3) is 0 Å². The number of rotatable bonds is 5. The van der Waals surface area contributed by atoms with E-state index in [1.807, 2.05) is 13.8 Å². The average molecular weight is 230 g/mol. The van der Waals surface area contributed by atoms with Gasteiger partial charge >= 0.3 is 11.9 Å². The average Bonchev–Trinajstić information content (AvgIpc) is 2.09. The summed E-state index contributed by atoms with van der Waals surface area (Å²) >= 11 is 0. The molecule has 0 aliphatic carbocycles. The molecule has 1 N–H and O–H groups in total. The van der Waals surface area contributed by atoms with Gasteiger partial charge < -0.3 is 9.84 Å². The maximum atomic E-state index is 11.5. The first-order valence-corrected chi connectivity index (χ1v) is 5.62. The third-order valence-electron chi connectivity index (χ3n) is 2.45. The third-order valence-corrected chi connectivity index (χ3v) is 2.45. The van der Waals surface area contributed by atoms with Crippen LogP contribution < -0.4 is 0 Å². The quantitative estimate of drug-likeness (QED) is 0.737.